The Bertz CT molecular complexity index is 1380. The molecular formula is C32H38N6O3. The Morgan fingerprint density at radius 3 is 2.44 bits per heavy atom. The molecule has 2 heterocycles. The zero-order chi connectivity index (χ0) is 28.4. The number of carbonyl (C=O) groups is 1. The Hall–Kier alpha value is -4.08. The Kier molecular flexibility index (Phi) is 9.72. The largest absolute Gasteiger partial charge is 0.508 e. The van der Waals surface area contributed by atoms with E-state index in [2.05, 4.69) is 86.0 Å². The summed E-state index contributed by atoms with van der Waals surface area (Å²) in [5.74, 6) is 0.809. The standard InChI is InChI=1S/C32H38N6O3/c1-2-41-30(40)13-6-7-18-38-32(33-34-35-38)27-16-14-26(15-17-27)31(28-11-8-12-29(39)23-28)37-21-19-36(20-22-37)24-25-9-4-3-5-10-25/h3-5,8-12,14-17,23,31,39H,2,6-7,13,18-22,24H2,1H3. The number of phenolic OH excluding ortho intramolecular Hbond substituents is 1. The Morgan fingerprint density at radius 1 is 0.927 bits per heavy atom. The molecule has 0 bridgehead atoms. The number of tetrazole rings is 1. The molecular weight excluding hydrogens is 516 g/mol. The Labute approximate surface area is 241 Å². The highest BCUT2D eigenvalue weighted by atomic mass is 16.5. The molecule has 0 amide bonds. The summed E-state index contributed by atoms with van der Waals surface area (Å²) in [6, 6.07) is 26.6. The van der Waals surface area contributed by atoms with Crippen LogP contribution in [0.5, 0.6) is 5.75 Å². The SMILES string of the molecule is CCOC(=O)CCCCn1nnnc1-c1ccc(C(c2cccc(O)c2)N2CCN(Cc3ccccc3)CC2)cc1. The van der Waals surface area contributed by atoms with Crippen molar-refractivity contribution in [3.63, 3.8) is 0 Å². The van der Waals surface area contributed by atoms with E-state index in [0.29, 0.717) is 25.4 Å². The zero-order valence-corrected chi connectivity index (χ0v) is 23.6. The minimum Gasteiger partial charge on any atom is -0.508 e. The fourth-order valence-corrected chi connectivity index (χ4v) is 5.47. The highest BCUT2D eigenvalue weighted by Crippen LogP contribution is 2.32. The third-order valence-electron chi connectivity index (χ3n) is 7.53. The first-order chi connectivity index (χ1) is 20.1. The molecule has 1 unspecified atom stereocenters. The summed E-state index contributed by atoms with van der Waals surface area (Å²) in [6.07, 6.45) is 1.91. The summed E-state index contributed by atoms with van der Waals surface area (Å²) < 4.78 is 6.80. The van der Waals surface area contributed by atoms with E-state index >= 15 is 0 Å². The van der Waals surface area contributed by atoms with E-state index in [-0.39, 0.29) is 17.8 Å². The topological polar surface area (TPSA) is 96.6 Å². The second kappa shape index (κ2) is 14.0. The van der Waals surface area contributed by atoms with E-state index < -0.39 is 0 Å². The van der Waals surface area contributed by atoms with Crippen LogP contribution in [0, 0.1) is 0 Å². The molecule has 1 saturated heterocycles. The van der Waals surface area contributed by atoms with E-state index in [4.69, 9.17) is 4.74 Å². The van der Waals surface area contributed by atoms with Gasteiger partial charge in [-0.3, -0.25) is 14.6 Å². The van der Waals surface area contributed by atoms with Crippen molar-refractivity contribution in [1.29, 1.82) is 0 Å². The number of rotatable bonds is 12. The van der Waals surface area contributed by atoms with Crippen molar-refractivity contribution in [3.8, 4) is 17.1 Å². The number of phenols is 1. The zero-order valence-electron chi connectivity index (χ0n) is 23.6. The molecule has 1 aliphatic rings. The molecule has 9 nitrogen and oxygen atoms in total. The molecule has 4 aromatic rings. The summed E-state index contributed by atoms with van der Waals surface area (Å²) in [4.78, 5) is 16.6. The normalized spacial score (nSPS) is 15.0. The number of hydrogen-bond donors (Lipinski definition) is 1. The van der Waals surface area contributed by atoms with Crippen molar-refractivity contribution in [1.82, 2.24) is 30.0 Å². The van der Waals surface area contributed by atoms with Gasteiger partial charge in [-0.05, 0) is 59.0 Å². The minimum atomic E-state index is -0.168. The second-order valence-electron chi connectivity index (χ2n) is 10.4. The van der Waals surface area contributed by atoms with Crippen LogP contribution >= 0.6 is 0 Å². The van der Waals surface area contributed by atoms with Gasteiger partial charge in [0.15, 0.2) is 5.82 Å². The molecule has 5 rings (SSSR count). The van der Waals surface area contributed by atoms with Crippen LogP contribution < -0.4 is 0 Å². The third kappa shape index (κ3) is 7.56. The van der Waals surface area contributed by atoms with Crippen LogP contribution in [-0.4, -0.2) is 73.9 Å². The molecule has 1 N–H and O–H groups in total. The second-order valence-corrected chi connectivity index (χ2v) is 10.4. The van der Waals surface area contributed by atoms with Crippen molar-refractivity contribution >= 4 is 5.97 Å². The van der Waals surface area contributed by atoms with Crippen LogP contribution in [0.2, 0.25) is 0 Å². The Balaban J connectivity index is 1.28. The number of nitrogens with zero attached hydrogens (tertiary/aromatic N) is 6. The quantitative estimate of drug-likeness (QED) is 0.199. The molecule has 214 valence electrons. The average molecular weight is 555 g/mol. The van der Waals surface area contributed by atoms with Crippen LogP contribution in [-0.2, 0) is 22.6 Å². The van der Waals surface area contributed by atoms with Gasteiger partial charge in [-0.1, -0.05) is 66.7 Å². The lowest BCUT2D eigenvalue weighted by molar-refractivity contribution is -0.143. The first kappa shape index (κ1) is 28.4. The van der Waals surface area contributed by atoms with Gasteiger partial charge in [0.1, 0.15) is 5.75 Å². The van der Waals surface area contributed by atoms with Gasteiger partial charge < -0.3 is 9.84 Å². The molecule has 1 aromatic heterocycles. The van der Waals surface area contributed by atoms with Gasteiger partial charge >= 0.3 is 5.97 Å². The van der Waals surface area contributed by atoms with Gasteiger partial charge in [0.05, 0.1) is 12.6 Å². The number of benzene rings is 3. The fraction of sp³-hybridized carbons (Fsp3) is 0.375. The van der Waals surface area contributed by atoms with E-state index in [1.54, 1.807) is 10.7 Å². The van der Waals surface area contributed by atoms with Gasteiger partial charge in [-0.25, -0.2) is 4.68 Å². The highest BCUT2D eigenvalue weighted by molar-refractivity contribution is 5.69. The fourth-order valence-electron chi connectivity index (χ4n) is 5.47. The first-order valence-electron chi connectivity index (χ1n) is 14.4. The first-order valence-corrected chi connectivity index (χ1v) is 14.4. The molecule has 3 aromatic carbocycles. The van der Waals surface area contributed by atoms with E-state index in [9.17, 15) is 9.90 Å². The number of hydrogen-bond acceptors (Lipinski definition) is 8. The predicted octanol–water partition coefficient (Wildman–Crippen LogP) is 4.69. The monoisotopic (exact) mass is 554 g/mol. The molecule has 0 radical (unpaired) electrons. The number of esters is 1. The number of aromatic hydroxyl groups is 1. The van der Waals surface area contributed by atoms with Crippen molar-refractivity contribution in [3.05, 3.63) is 95.6 Å². The summed E-state index contributed by atoms with van der Waals surface area (Å²) in [7, 11) is 0. The van der Waals surface area contributed by atoms with E-state index in [1.165, 1.54) is 5.56 Å². The van der Waals surface area contributed by atoms with Gasteiger partial charge in [0, 0.05) is 51.3 Å². The maximum atomic E-state index is 11.6. The molecule has 1 fully saturated rings. The maximum absolute atomic E-state index is 11.6. The number of aromatic nitrogens is 4. The molecule has 0 aliphatic carbocycles. The Morgan fingerprint density at radius 2 is 1.71 bits per heavy atom. The lowest BCUT2D eigenvalue weighted by Gasteiger charge is -2.40. The van der Waals surface area contributed by atoms with Gasteiger partial charge in [-0.15, -0.1) is 5.10 Å². The van der Waals surface area contributed by atoms with Crippen molar-refractivity contribution in [2.75, 3.05) is 32.8 Å². The predicted molar refractivity (Wildman–Crippen MR) is 157 cm³/mol. The third-order valence-corrected chi connectivity index (χ3v) is 7.53. The summed E-state index contributed by atoms with van der Waals surface area (Å²) in [5, 5.41) is 22.6. The van der Waals surface area contributed by atoms with Gasteiger partial charge in [-0.2, -0.15) is 0 Å². The highest BCUT2D eigenvalue weighted by Gasteiger charge is 2.27. The number of carbonyl (C=O) groups excluding carboxylic acids is 1. The molecule has 41 heavy (non-hydrogen) atoms. The van der Waals surface area contributed by atoms with Crippen molar-refractivity contribution < 1.29 is 14.6 Å². The molecule has 0 saturated carbocycles. The summed E-state index contributed by atoms with van der Waals surface area (Å²) >= 11 is 0. The minimum absolute atomic E-state index is 0.0221. The lowest BCUT2D eigenvalue weighted by atomic mass is 9.95. The number of piperazine rings is 1. The average Bonchev–Trinajstić information content (AvgIpc) is 3.46. The molecule has 1 atom stereocenters. The molecule has 1 aliphatic heterocycles. The van der Waals surface area contributed by atoms with Crippen molar-refractivity contribution in [2.45, 2.75) is 45.3 Å². The van der Waals surface area contributed by atoms with Crippen LogP contribution in [0.3, 0.4) is 0 Å². The molecule has 0 spiro atoms. The van der Waals surface area contributed by atoms with Crippen LogP contribution in [0.4, 0.5) is 0 Å². The molecule has 9 heteroatoms. The van der Waals surface area contributed by atoms with Gasteiger partial charge in [0.2, 0.25) is 0 Å². The lowest BCUT2D eigenvalue weighted by Crippen LogP contribution is -2.47. The number of ether oxygens (including phenoxy) is 1. The number of unbranched alkanes of at least 4 members (excludes halogenated alkanes) is 1. The summed E-state index contributed by atoms with van der Waals surface area (Å²) in [6.45, 7) is 7.62. The van der Waals surface area contributed by atoms with Crippen LogP contribution in [0.15, 0.2) is 78.9 Å². The van der Waals surface area contributed by atoms with Crippen LogP contribution in [0.25, 0.3) is 11.4 Å². The van der Waals surface area contributed by atoms with Gasteiger partial charge in [0.25, 0.3) is 0 Å². The van der Waals surface area contributed by atoms with E-state index in [1.807, 2.05) is 19.1 Å². The van der Waals surface area contributed by atoms with Crippen LogP contribution in [0.1, 0.15) is 48.9 Å². The smallest absolute Gasteiger partial charge is 0.305 e. The van der Waals surface area contributed by atoms with Crippen molar-refractivity contribution in [2.24, 2.45) is 0 Å². The van der Waals surface area contributed by atoms with E-state index in [0.717, 1.165) is 62.3 Å². The summed E-state index contributed by atoms with van der Waals surface area (Å²) in [5.41, 5.74) is 4.50. The number of aryl methyl sites for hydroxylation is 1. The maximum Gasteiger partial charge on any atom is 0.305 e.